The largest absolute Gasteiger partial charge is 0.483 e. The lowest BCUT2D eigenvalue weighted by Crippen LogP contribution is -2.63. The Labute approximate surface area is 484 Å². The van der Waals surface area contributed by atoms with Crippen molar-refractivity contribution in [1.29, 1.82) is 0 Å². The lowest BCUT2D eigenvalue weighted by atomic mass is 9.91. The second kappa shape index (κ2) is 23.6. The van der Waals surface area contributed by atoms with Crippen LogP contribution in [0.25, 0.3) is 21.1 Å². The molecule has 4 aromatic heterocycles. The summed E-state index contributed by atoms with van der Waals surface area (Å²) >= 11 is 2.39. The summed E-state index contributed by atoms with van der Waals surface area (Å²) in [6.45, 7) is 12.1. The number of likely N-dealkylation sites (tertiary alicyclic amines) is 1. The summed E-state index contributed by atoms with van der Waals surface area (Å²) in [5.41, 5.74) is -0.367. The van der Waals surface area contributed by atoms with Gasteiger partial charge in [-0.1, -0.05) is 108 Å². The number of pyridine rings is 2. The average molecular weight is 1160 g/mol. The van der Waals surface area contributed by atoms with Gasteiger partial charge < -0.3 is 38.4 Å². The molecule has 18 nitrogen and oxygen atoms in total. The second-order valence-electron chi connectivity index (χ2n) is 21.5. The number of ether oxygens (including phenoxy) is 2. The number of fused-ring (bicyclic) bond motifs is 2. The molecule has 4 aromatic carbocycles. The minimum Gasteiger partial charge on any atom is -0.483 e. The van der Waals surface area contributed by atoms with Gasteiger partial charge in [-0.3, -0.25) is 24.0 Å². The molecule has 83 heavy (non-hydrogen) atoms. The molecule has 0 radical (unpaired) electrons. The van der Waals surface area contributed by atoms with Gasteiger partial charge in [0.05, 0.1) is 24.2 Å². The maximum Gasteiger partial charge on any atom is 0.331 e. The molecule has 0 aliphatic carbocycles. The van der Waals surface area contributed by atoms with Gasteiger partial charge in [0, 0.05) is 50.4 Å². The molecule has 0 bridgehead atoms. The molecular formula is C61H59F2N9O9S2. The lowest BCUT2D eigenvalue weighted by molar-refractivity contribution is -0.148. The van der Waals surface area contributed by atoms with Gasteiger partial charge in [-0.2, -0.15) is 0 Å². The van der Waals surface area contributed by atoms with E-state index in [4.69, 9.17) is 9.47 Å². The third-order valence-electron chi connectivity index (χ3n) is 15.0. The topological polar surface area (TPSA) is 212 Å². The van der Waals surface area contributed by atoms with Crippen LogP contribution < -0.4 is 20.3 Å². The van der Waals surface area contributed by atoms with Crippen molar-refractivity contribution in [3.63, 3.8) is 0 Å². The van der Waals surface area contributed by atoms with Crippen LogP contribution in [0.1, 0.15) is 101 Å². The Bertz CT molecular complexity index is 3870. The van der Waals surface area contributed by atoms with E-state index in [9.17, 15) is 42.7 Å². The summed E-state index contributed by atoms with van der Waals surface area (Å²) in [7, 11) is 0. The SMILES string of the molecule is CC(C)N1C[C@](C)(C(=O)N2CCC2)n2cc(-c3nnc(Cc4ccc(F)cc4)s3)c(=O)c(OCc3ccccc3)c2C1=O.CC(C)N1C[C@](C)(C(=O)O)n2cc(-c3nnc(Cc4ccc(F)cc4)s3)c(=O)c(OCc3ccccc3)c2C1=O. The van der Waals surface area contributed by atoms with E-state index < -0.39 is 33.8 Å². The second-order valence-corrected chi connectivity index (χ2v) is 23.7. The van der Waals surface area contributed by atoms with E-state index in [0.717, 1.165) is 40.0 Å². The van der Waals surface area contributed by atoms with Crippen LogP contribution >= 0.6 is 22.7 Å². The summed E-state index contributed by atoms with van der Waals surface area (Å²) in [6.07, 6.45) is 4.65. The fraction of sp³-hybridized carbons (Fsp3) is 0.311. The summed E-state index contributed by atoms with van der Waals surface area (Å²) < 4.78 is 41.9. The number of carboxylic acid groups (broad SMARTS) is 1. The molecule has 428 valence electrons. The van der Waals surface area contributed by atoms with Crippen molar-refractivity contribution in [3.05, 3.63) is 197 Å². The summed E-state index contributed by atoms with van der Waals surface area (Å²) in [4.78, 5) is 87.2. The molecule has 3 aliphatic heterocycles. The predicted molar refractivity (Wildman–Crippen MR) is 308 cm³/mol. The van der Waals surface area contributed by atoms with Crippen molar-refractivity contribution in [3.8, 4) is 32.6 Å². The van der Waals surface area contributed by atoms with Gasteiger partial charge in [-0.15, -0.1) is 20.4 Å². The highest BCUT2D eigenvalue weighted by molar-refractivity contribution is 7.15. The quantitative estimate of drug-likeness (QED) is 0.0959. The number of amides is 3. The van der Waals surface area contributed by atoms with Crippen molar-refractivity contribution in [2.45, 2.75) is 97.2 Å². The Morgan fingerprint density at radius 3 is 1.35 bits per heavy atom. The molecule has 7 heterocycles. The van der Waals surface area contributed by atoms with Crippen molar-refractivity contribution >= 4 is 46.4 Å². The molecule has 22 heteroatoms. The highest BCUT2D eigenvalue weighted by atomic mass is 32.1. The van der Waals surface area contributed by atoms with Crippen LogP contribution in [0.4, 0.5) is 8.78 Å². The molecular weight excluding hydrogens is 1100 g/mol. The number of hydrogen-bond donors (Lipinski definition) is 1. The Hall–Kier alpha value is -8.76. The number of carbonyl (C=O) groups is 4. The number of carbonyl (C=O) groups excluding carboxylic acids is 3. The van der Waals surface area contributed by atoms with Gasteiger partial charge in [0.15, 0.2) is 38.4 Å². The standard InChI is InChI=1S/C32H32FN5O4S.C29H27FN4O5S/c1-20(2)37-19-32(3,31(41)36-14-7-15-36)38-17-24(29-35-34-25(43-29)16-21-10-12-23(33)13-11-21)27(39)28(26(38)30(37)40)42-18-22-8-5-4-6-9-22;1-17(2)33-16-29(3,28(37)38)34-14-21(26-32-31-22(40-26)13-18-9-11-20(30)12-10-18)24(35)25(23(34)27(33)36)39-15-19-7-5-4-6-8-19/h4-6,8-13,17,20H,7,14-16,18-19H2,1-3H3;4-12,14,17H,13,15-16H2,1-3H3,(H,37,38)/t32-;29-/m11/s1. The fourth-order valence-electron chi connectivity index (χ4n) is 10.1. The zero-order valence-electron chi connectivity index (χ0n) is 46.4. The van der Waals surface area contributed by atoms with Crippen LogP contribution in [0, 0.1) is 11.6 Å². The number of benzene rings is 4. The van der Waals surface area contributed by atoms with E-state index in [-0.39, 0.29) is 101 Å². The molecule has 0 spiro atoms. The summed E-state index contributed by atoms with van der Waals surface area (Å²) in [6, 6.07) is 30.1. The normalized spacial score (nSPS) is 17.4. The molecule has 3 amide bonds. The Morgan fingerprint density at radius 1 is 0.578 bits per heavy atom. The molecule has 3 aliphatic rings. The van der Waals surface area contributed by atoms with Crippen molar-refractivity contribution in [2.24, 2.45) is 0 Å². The monoisotopic (exact) mass is 1160 g/mol. The lowest BCUT2D eigenvalue weighted by Gasteiger charge is -2.47. The maximum atomic E-state index is 14.2. The zero-order valence-corrected chi connectivity index (χ0v) is 48.0. The van der Waals surface area contributed by atoms with E-state index in [1.807, 2.05) is 81.4 Å². The first kappa shape index (κ1) is 57.5. The number of rotatable bonds is 16. The summed E-state index contributed by atoms with van der Waals surface area (Å²) in [5, 5.41) is 29.2. The Kier molecular flexibility index (Phi) is 16.3. The van der Waals surface area contributed by atoms with Crippen LogP contribution in [0.15, 0.2) is 131 Å². The number of aliphatic carboxylic acids is 1. The van der Waals surface area contributed by atoms with Gasteiger partial charge in [0.1, 0.15) is 40.4 Å². The highest BCUT2D eigenvalue weighted by Crippen LogP contribution is 2.39. The van der Waals surface area contributed by atoms with Gasteiger partial charge >= 0.3 is 5.97 Å². The highest BCUT2D eigenvalue weighted by Gasteiger charge is 2.51. The van der Waals surface area contributed by atoms with Gasteiger partial charge in [0.25, 0.3) is 11.8 Å². The molecule has 1 N–H and O–H groups in total. The molecule has 1 saturated heterocycles. The zero-order chi connectivity index (χ0) is 58.9. The first-order valence-corrected chi connectivity index (χ1v) is 28.6. The van der Waals surface area contributed by atoms with Crippen LogP contribution in [0.5, 0.6) is 11.5 Å². The third-order valence-corrected chi connectivity index (χ3v) is 16.9. The van der Waals surface area contributed by atoms with Crippen LogP contribution in [-0.2, 0) is 46.7 Å². The average Bonchev–Trinajstić information content (AvgIpc) is 2.32. The van der Waals surface area contributed by atoms with Crippen LogP contribution in [0.3, 0.4) is 0 Å². The van der Waals surface area contributed by atoms with E-state index >= 15 is 0 Å². The first-order chi connectivity index (χ1) is 39.7. The van der Waals surface area contributed by atoms with Crippen molar-refractivity contribution in [1.82, 2.24) is 44.2 Å². The molecule has 8 aromatic rings. The van der Waals surface area contributed by atoms with Gasteiger partial charge in [-0.05, 0) is 94.5 Å². The number of aromatic nitrogens is 6. The van der Waals surface area contributed by atoms with E-state index in [2.05, 4.69) is 20.4 Å². The number of halogens is 2. The summed E-state index contributed by atoms with van der Waals surface area (Å²) in [5.74, 6) is -3.17. The van der Waals surface area contributed by atoms with E-state index in [0.29, 0.717) is 41.0 Å². The third kappa shape index (κ3) is 11.6. The molecule has 1 fully saturated rings. The number of nitrogens with zero attached hydrogens (tertiary/aromatic N) is 9. The van der Waals surface area contributed by atoms with E-state index in [1.165, 1.54) is 58.2 Å². The smallest absolute Gasteiger partial charge is 0.331 e. The molecule has 0 unspecified atom stereocenters. The number of hydrogen-bond acceptors (Lipinski definition) is 14. The Balaban J connectivity index is 0.000000186. The number of carboxylic acids is 1. The van der Waals surface area contributed by atoms with Crippen molar-refractivity contribution in [2.75, 3.05) is 26.2 Å². The molecule has 11 rings (SSSR count). The van der Waals surface area contributed by atoms with Crippen molar-refractivity contribution < 1.29 is 42.5 Å². The minimum atomic E-state index is -1.58. The van der Waals surface area contributed by atoms with E-state index in [1.54, 1.807) is 58.7 Å². The molecule has 2 atom stereocenters. The Morgan fingerprint density at radius 2 is 0.976 bits per heavy atom. The maximum absolute atomic E-state index is 14.2. The minimum absolute atomic E-state index is 0.00276. The van der Waals surface area contributed by atoms with Gasteiger partial charge in [0.2, 0.25) is 16.8 Å². The van der Waals surface area contributed by atoms with Crippen LogP contribution in [-0.4, -0.2) is 111 Å². The predicted octanol–water partition coefficient (Wildman–Crippen LogP) is 8.83. The molecule has 0 saturated carbocycles. The first-order valence-electron chi connectivity index (χ1n) is 27.0. The van der Waals surface area contributed by atoms with Gasteiger partial charge in [-0.25, -0.2) is 13.6 Å². The van der Waals surface area contributed by atoms with Crippen LogP contribution in [0.2, 0.25) is 0 Å². The fourth-order valence-corrected chi connectivity index (χ4v) is 11.8.